The van der Waals surface area contributed by atoms with Gasteiger partial charge in [-0.2, -0.15) is 0 Å². The van der Waals surface area contributed by atoms with Crippen LogP contribution in [0.25, 0.3) is 0 Å². The minimum atomic E-state index is -0.588. The normalized spacial score (nSPS) is 26.4. The Hall–Kier alpha value is -1.84. The van der Waals surface area contributed by atoms with Gasteiger partial charge in [0.25, 0.3) is 0 Å². The maximum absolute atomic E-state index is 11.7. The highest BCUT2D eigenvalue weighted by molar-refractivity contribution is 5.54. The first-order valence-electron chi connectivity index (χ1n) is 10.9. The van der Waals surface area contributed by atoms with E-state index in [0.717, 1.165) is 58.3 Å². The number of piperazine rings is 1. The fourth-order valence-corrected chi connectivity index (χ4v) is 5.07. The Kier molecular flexibility index (Phi) is 6.03. The van der Waals surface area contributed by atoms with Crippen LogP contribution in [-0.2, 0) is 12.8 Å². The van der Waals surface area contributed by atoms with E-state index < -0.39 is 5.60 Å². The van der Waals surface area contributed by atoms with E-state index in [1.807, 2.05) is 0 Å². The highest BCUT2D eigenvalue weighted by Crippen LogP contribution is 2.39. The fourth-order valence-electron chi connectivity index (χ4n) is 5.07. The largest absolute Gasteiger partial charge is 0.389 e. The highest BCUT2D eigenvalue weighted by Gasteiger charge is 2.39. The van der Waals surface area contributed by atoms with Crippen molar-refractivity contribution in [2.24, 2.45) is 5.92 Å². The van der Waals surface area contributed by atoms with Crippen LogP contribution in [0, 0.1) is 5.92 Å². The third-order valence-corrected chi connectivity index (χ3v) is 6.83. The molecular formula is C25H34N2O. The van der Waals surface area contributed by atoms with Gasteiger partial charge in [-0.05, 0) is 49.4 Å². The van der Waals surface area contributed by atoms with Crippen molar-refractivity contribution in [1.82, 2.24) is 4.90 Å². The van der Waals surface area contributed by atoms with Gasteiger partial charge in [0.05, 0.1) is 5.60 Å². The molecule has 150 valence electrons. The van der Waals surface area contributed by atoms with Crippen LogP contribution in [0.15, 0.2) is 54.6 Å². The molecule has 1 saturated carbocycles. The first-order valence-corrected chi connectivity index (χ1v) is 10.9. The molecule has 2 aromatic carbocycles. The van der Waals surface area contributed by atoms with Crippen LogP contribution < -0.4 is 4.90 Å². The number of para-hydroxylation sites is 1. The summed E-state index contributed by atoms with van der Waals surface area (Å²) in [5.41, 5.74) is 3.45. The number of aliphatic hydroxyl groups is 1. The van der Waals surface area contributed by atoms with E-state index in [2.05, 4.69) is 71.4 Å². The van der Waals surface area contributed by atoms with Crippen molar-refractivity contribution < 1.29 is 5.11 Å². The molecule has 1 heterocycles. The van der Waals surface area contributed by atoms with Gasteiger partial charge in [0, 0.05) is 38.3 Å². The van der Waals surface area contributed by atoms with Crippen LogP contribution in [0.2, 0.25) is 0 Å². The Bertz CT molecular complexity index is 754. The lowest BCUT2D eigenvalue weighted by Crippen LogP contribution is -2.46. The molecule has 2 unspecified atom stereocenters. The summed E-state index contributed by atoms with van der Waals surface area (Å²) in [4.78, 5) is 4.94. The second-order valence-corrected chi connectivity index (χ2v) is 8.83. The topological polar surface area (TPSA) is 26.7 Å². The number of rotatable bonds is 5. The summed E-state index contributed by atoms with van der Waals surface area (Å²) < 4.78 is 0. The third-order valence-electron chi connectivity index (χ3n) is 6.83. The second-order valence-electron chi connectivity index (χ2n) is 8.83. The molecule has 1 aliphatic carbocycles. The van der Waals surface area contributed by atoms with Crippen molar-refractivity contribution in [2.45, 2.75) is 44.1 Å². The molecule has 0 aromatic heterocycles. The Morgan fingerprint density at radius 2 is 1.64 bits per heavy atom. The summed E-state index contributed by atoms with van der Waals surface area (Å²) in [5, 5.41) is 11.7. The molecule has 0 amide bonds. The third kappa shape index (κ3) is 4.42. The van der Waals surface area contributed by atoms with E-state index >= 15 is 0 Å². The summed E-state index contributed by atoms with van der Waals surface area (Å²) in [6.45, 7) is 4.42. The molecule has 3 nitrogen and oxygen atoms in total. The maximum atomic E-state index is 11.7. The molecule has 4 rings (SSSR count). The Morgan fingerprint density at radius 3 is 2.43 bits per heavy atom. The number of hydrogen-bond donors (Lipinski definition) is 1. The van der Waals surface area contributed by atoms with Gasteiger partial charge in [-0.25, -0.2) is 0 Å². The van der Waals surface area contributed by atoms with Crippen molar-refractivity contribution in [2.75, 3.05) is 38.1 Å². The SMILES string of the molecule is CN1CCN(c2ccccc2CC2CCCCC2(O)Cc2ccccc2)CC1. The molecule has 3 heteroatoms. The summed E-state index contributed by atoms with van der Waals surface area (Å²) in [6.07, 6.45) is 6.17. The first-order chi connectivity index (χ1) is 13.6. The van der Waals surface area contributed by atoms with E-state index in [1.54, 1.807) is 0 Å². The monoisotopic (exact) mass is 378 g/mol. The molecule has 2 fully saturated rings. The van der Waals surface area contributed by atoms with E-state index in [-0.39, 0.29) is 0 Å². The van der Waals surface area contributed by atoms with E-state index in [4.69, 9.17) is 0 Å². The lowest BCUT2D eigenvalue weighted by molar-refractivity contribution is -0.0476. The van der Waals surface area contributed by atoms with Gasteiger partial charge in [0.1, 0.15) is 0 Å². The van der Waals surface area contributed by atoms with Crippen molar-refractivity contribution >= 4 is 5.69 Å². The summed E-state index contributed by atoms with van der Waals surface area (Å²) >= 11 is 0. The summed E-state index contributed by atoms with van der Waals surface area (Å²) in [6, 6.07) is 19.4. The predicted octanol–water partition coefficient (Wildman–Crippen LogP) is 4.14. The second kappa shape index (κ2) is 8.67. The van der Waals surface area contributed by atoms with E-state index in [1.165, 1.54) is 23.2 Å². The van der Waals surface area contributed by atoms with Crippen molar-refractivity contribution in [3.63, 3.8) is 0 Å². The lowest BCUT2D eigenvalue weighted by Gasteiger charge is -2.41. The van der Waals surface area contributed by atoms with E-state index in [9.17, 15) is 5.11 Å². The molecule has 1 aliphatic heterocycles. The van der Waals surface area contributed by atoms with Crippen LogP contribution >= 0.6 is 0 Å². The van der Waals surface area contributed by atoms with Gasteiger partial charge >= 0.3 is 0 Å². The number of nitrogens with zero attached hydrogens (tertiary/aromatic N) is 2. The Labute approximate surface area is 170 Å². The molecule has 0 radical (unpaired) electrons. The summed E-state index contributed by atoms with van der Waals surface area (Å²) in [5.74, 6) is 0.329. The van der Waals surface area contributed by atoms with Crippen molar-refractivity contribution in [3.05, 3.63) is 65.7 Å². The molecule has 0 bridgehead atoms. The van der Waals surface area contributed by atoms with Crippen LogP contribution in [-0.4, -0.2) is 48.8 Å². The van der Waals surface area contributed by atoms with Crippen LogP contribution in [0.4, 0.5) is 5.69 Å². The first kappa shape index (κ1) is 19.5. The minimum Gasteiger partial charge on any atom is -0.389 e. The number of hydrogen-bond acceptors (Lipinski definition) is 3. The smallest absolute Gasteiger partial charge is 0.0719 e. The molecule has 2 aromatic rings. The number of benzene rings is 2. The molecule has 28 heavy (non-hydrogen) atoms. The standard InChI is InChI=1S/C25H34N2O/c1-26-15-17-27(18-16-26)24-13-6-5-11-22(24)19-23-12-7-8-14-25(23,28)20-21-9-3-2-4-10-21/h2-6,9-11,13,23,28H,7-8,12,14-20H2,1H3. The van der Waals surface area contributed by atoms with Gasteiger partial charge in [-0.3, -0.25) is 0 Å². The van der Waals surface area contributed by atoms with Crippen LogP contribution in [0.3, 0.4) is 0 Å². The Morgan fingerprint density at radius 1 is 0.929 bits per heavy atom. The van der Waals surface area contributed by atoms with Gasteiger partial charge < -0.3 is 14.9 Å². The molecule has 2 aliphatic rings. The average Bonchev–Trinajstić information content (AvgIpc) is 2.72. The van der Waals surface area contributed by atoms with Gasteiger partial charge in [-0.1, -0.05) is 61.4 Å². The fraction of sp³-hybridized carbons (Fsp3) is 0.520. The van der Waals surface area contributed by atoms with Crippen molar-refractivity contribution in [1.29, 1.82) is 0 Å². The number of likely N-dealkylation sites (N-methyl/N-ethyl adjacent to an activating group) is 1. The lowest BCUT2D eigenvalue weighted by atomic mass is 9.70. The zero-order valence-corrected chi connectivity index (χ0v) is 17.2. The van der Waals surface area contributed by atoms with Gasteiger partial charge in [0.2, 0.25) is 0 Å². The predicted molar refractivity (Wildman–Crippen MR) is 117 cm³/mol. The van der Waals surface area contributed by atoms with Gasteiger partial charge in [-0.15, -0.1) is 0 Å². The van der Waals surface area contributed by atoms with Crippen LogP contribution in [0.5, 0.6) is 0 Å². The van der Waals surface area contributed by atoms with Crippen molar-refractivity contribution in [3.8, 4) is 0 Å². The molecule has 1 saturated heterocycles. The Balaban J connectivity index is 1.53. The van der Waals surface area contributed by atoms with E-state index in [0.29, 0.717) is 5.92 Å². The quantitative estimate of drug-likeness (QED) is 0.847. The minimum absolute atomic E-state index is 0.329. The molecular weight excluding hydrogens is 344 g/mol. The zero-order chi connectivity index (χ0) is 19.4. The average molecular weight is 379 g/mol. The zero-order valence-electron chi connectivity index (χ0n) is 17.2. The molecule has 0 spiro atoms. The summed E-state index contributed by atoms with van der Waals surface area (Å²) in [7, 11) is 2.20. The number of anilines is 1. The van der Waals surface area contributed by atoms with Crippen LogP contribution in [0.1, 0.15) is 36.8 Å². The van der Waals surface area contributed by atoms with Gasteiger partial charge in [0.15, 0.2) is 0 Å². The molecule has 2 atom stereocenters. The maximum Gasteiger partial charge on any atom is 0.0719 e. The molecule has 1 N–H and O–H groups in total. The highest BCUT2D eigenvalue weighted by atomic mass is 16.3.